The third kappa shape index (κ3) is 5.04. The van der Waals surface area contributed by atoms with Gasteiger partial charge in [0, 0.05) is 0 Å². The second-order valence-electron chi connectivity index (χ2n) is 5.83. The van der Waals surface area contributed by atoms with Crippen LogP contribution >= 0.6 is 0 Å². The van der Waals surface area contributed by atoms with Crippen LogP contribution in [0.2, 0.25) is 0 Å². The summed E-state index contributed by atoms with van der Waals surface area (Å²) in [5.74, 6) is -2.43. The van der Waals surface area contributed by atoms with Crippen molar-refractivity contribution in [3.05, 3.63) is 0 Å². The molecular formula is C14H25N3O5. The van der Waals surface area contributed by atoms with E-state index in [0.29, 0.717) is 6.42 Å². The lowest BCUT2D eigenvalue weighted by Crippen LogP contribution is -2.48. The first kappa shape index (κ1) is 18.5. The zero-order valence-electron chi connectivity index (χ0n) is 13.2. The highest BCUT2D eigenvalue weighted by atomic mass is 16.6. The van der Waals surface area contributed by atoms with Crippen LogP contribution in [0.5, 0.6) is 0 Å². The maximum atomic E-state index is 11.8. The highest BCUT2D eigenvalue weighted by Gasteiger charge is 2.32. The fraction of sp³-hybridized carbons (Fsp3) is 0.786. The van der Waals surface area contributed by atoms with E-state index in [0.717, 1.165) is 13.0 Å². The lowest BCUT2D eigenvalue weighted by molar-refractivity contribution is -0.165. The Labute approximate surface area is 129 Å². The first-order chi connectivity index (χ1) is 10.2. The molecule has 0 aliphatic carbocycles. The zero-order chi connectivity index (χ0) is 16.9. The Morgan fingerprint density at radius 3 is 2.18 bits per heavy atom. The number of ether oxygens (including phenoxy) is 2. The third-order valence-corrected chi connectivity index (χ3v) is 3.62. The molecule has 0 aromatic carbocycles. The van der Waals surface area contributed by atoms with Crippen LogP contribution in [0.4, 0.5) is 0 Å². The molecule has 0 aromatic heterocycles. The van der Waals surface area contributed by atoms with Gasteiger partial charge >= 0.3 is 17.9 Å². The van der Waals surface area contributed by atoms with E-state index in [1.807, 2.05) is 0 Å². The molecule has 1 rings (SSSR count). The molecule has 0 spiro atoms. The van der Waals surface area contributed by atoms with Gasteiger partial charge in [0.1, 0.15) is 24.2 Å². The predicted octanol–water partition coefficient (Wildman–Crippen LogP) is -0.949. The van der Waals surface area contributed by atoms with Gasteiger partial charge in [-0.05, 0) is 32.2 Å². The van der Waals surface area contributed by atoms with E-state index in [9.17, 15) is 14.4 Å². The molecule has 5 N–H and O–H groups in total. The van der Waals surface area contributed by atoms with E-state index in [-0.39, 0.29) is 12.0 Å². The summed E-state index contributed by atoms with van der Waals surface area (Å²) in [5.41, 5.74) is 11.3. The van der Waals surface area contributed by atoms with Gasteiger partial charge in [0.05, 0.1) is 0 Å². The van der Waals surface area contributed by atoms with Gasteiger partial charge in [0.2, 0.25) is 0 Å². The first-order valence-electron chi connectivity index (χ1n) is 7.44. The number of esters is 3. The van der Waals surface area contributed by atoms with Gasteiger partial charge < -0.3 is 26.3 Å². The molecule has 0 amide bonds. The molecule has 8 nitrogen and oxygen atoms in total. The van der Waals surface area contributed by atoms with Crippen molar-refractivity contribution >= 4 is 17.9 Å². The van der Waals surface area contributed by atoms with Gasteiger partial charge in [-0.25, -0.2) is 9.59 Å². The number of nitrogens with one attached hydrogen (secondary N) is 1. The molecule has 8 heteroatoms. The molecule has 0 aromatic rings. The maximum Gasteiger partial charge on any atom is 0.334 e. The number of carbonyl (C=O) groups is 3. The number of nitrogens with two attached hydrogens (primary N) is 2. The number of hydrogen-bond donors (Lipinski definition) is 3. The fourth-order valence-electron chi connectivity index (χ4n) is 1.92. The summed E-state index contributed by atoms with van der Waals surface area (Å²) in [6.45, 7) is 5.69. The number of rotatable bonds is 6. The summed E-state index contributed by atoms with van der Waals surface area (Å²) in [6, 6.07) is -2.52. The van der Waals surface area contributed by atoms with E-state index in [1.54, 1.807) is 13.8 Å². The average Bonchev–Trinajstić information content (AvgIpc) is 2.99. The van der Waals surface area contributed by atoms with Gasteiger partial charge in [-0.3, -0.25) is 4.79 Å². The summed E-state index contributed by atoms with van der Waals surface area (Å²) in [5, 5.41) is 2.99. The molecule has 22 heavy (non-hydrogen) atoms. The van der Waals surface area contributed by atoms with Crippen LogP contribution < -0.4 is 16.8 Å². The number of carbonyl (C=O) groups excluding carboxylic acids is 3. The Kier molecular flexibility index (Phi) is 6.92. The van der Waals surface area contributed by atoms with Crippen LogP contribution in [0, 0.1) is 5.92 Å². The molecule has 4 atom stereocenters. The van der Waals surface area contributed by atoms with E-state index in [2.05, 4.69) is 10.1 Å². The van der Waals surface area contributed by atoms with Gasteiger partial charge in [-0.1, -0.05) is 13.8 Å². The molecule has 1 fully saturated rings. The topological polar surface area (TPSA) is 134 Å². The Balaban J connectivity index is 2.47. The molecule has 0 unspecified atom stereocenters. The summed E-state index contributed by atoms with van der Waals surface area (Å²) in [6.07, 6.45) is 0.682. The minimum absolute atomic E-state index is 0.166. The van der Waals surface area contributed by atoms with Crippen LogP contribution in [-0.2, 0) is 23.9 Å². The zero-order valence-corrected chi connectivity index (χ0v) is 13.2. The molecule has 126 valence electrons. The monoisotopic (exact) mass is 315 g/mol. The Bertz CT molecular complexity index is 421. The van der Waals surface area contributed by atoms with Gasteiger partial charge in [-0.2, -0.15) is 0 Å². The number of hydrogen-bond acceptors (Lipinski definition) is 8. The minimum atomic E-state index is -1.24. The lowest BCUT2D eigenvalue weighted by Gasteiger charge is -2.21. The largest absolute Gasteiger partial charge is 0.459 e. The quantitative estimate of drug-likeness (QED) is 0.422. The van der Waals surface area contributed by atoms with Gasteiger partial charge in [-0.15, -0.1) is 0 Å². The summed E-state index contributed by atoms with van der Waals surface area (Å²) in [4.78, 5) is 35.2. The van der Waals surface area contributed by atoms with Crippen LogP contribution in [-0.4, -0.2) is 48.7 Å². The minimum Gasteiger partial charge on any atom is -0.459 e. The normalized spacial score (nSPS) is 22.0. The van der Waals surface area contributed by atoms with Gasteiger partial charge in [0.25, 0.3) is 0 Å². The van der Waals surface area contributed by atoms with E-state index < -0.39 is 36.1 Å². The molecule has 0 radical (unpaired) electrons. The molecular weight excluding hydrogens is 290 g/mol. The SMILES string of the molecule is CC(C)[C@H](N)C(=O)OC(=O)[C@@H](N)[C@@H](C)OC(=O)[C@@H]1CCCN1. The third-order valence-electron chi connectivity index (χ3n) is 3.62. The second-order valence-corrected chi connectivity index (χ2v) is 5.83. The van der Waals surface area contributed by atoms with E-state index in [4.69, 9.17) is 16.2 Å². The summed E-state index contributed by atoms with van der Waals surface area (Å²) < 4.78 is 9.77. The van der Waals surface area contributed by atoms with Crippen LogP contribution in [0.1, 0.15) is 33.6 Å². The van der Waals surface area contributed by atoms with Crippen molar-refractivity contribution < 1.29 is 23.9 Å². The van der Waals surface area contributed by atoms with Crippen molar-refractivity contribution in [3.8, 4) is 0 Å². The van der Waals surface area contributed by atoms with Crippen molar-refractivity contribution in [1.29, 1.82) is 0 Å². The molecule has 1 aliphatic heterocycles. The van der Waals surface area contributed by atoms with Crippen molar-refractivity contribution in [1.82, 2.24) is 5.32 Å². The highest BCUT2D eigenvalue weighted by Crippen LogP contribution is 2.10. The molecule has 0 saturated carbocycles. The first-order valence-corrected chi connectivity index (χ1v) is 7.44. The highest BCUT2D eigenvalue weighted by molar-refractivity contribution is 5.91. The Morgan fingerprint density at radius 2 is 1.68 bits per heavy atom. The van der Waals surface area contributed by atoms with Crippen molar-refractivity contribution in [2.24, 2.45) is 17.4 Å². The van der Waals surface area contributed by atoms with Crippen molar-refractivity contribution in [2.75, 3.05) is 6.54 Å². The van der Waals surface area contributed by atoms with Crippen molar-refractivity contribution in [2.45, 2.75) is 57.8 Å². The lowest BCUT2D eigenvalue weighted by atomic mass is 10.1. The van der Waals surface area contributed by atoms with E-state index >= 15 is 0 Å². The van der Waals surface area contributed by atoms with Crippen LogP contribution in [0.15, 0.2) is 0 Å². The molecule has 1 aliphatic rings. The average molecular weight is 315 g/mol. The second kappa shape index (κ2) is 8.21. The fourth-order valence-corrected chi connectivity index (χ4v) is 1.92. The molecule has 0 bridgehead atoms. The van der Waals surface area contributed by atoms with Gasteiger partial charge in [0.15, 0.2) is 0 Å². The summed E-state index contributed by atoms with van der Waals surface area (Å²) >= 11 is 0. The Hall–Kier alpha value is -1.51. The van der Waals surface area contributed by atoms with E-state index in [1.165, 1.54) is 6.92 Å². The molecule has 1 saturated heterocycles. The summed E-state index contributed by atoms with van der Waals surface area (Å²) in [7, 11) is 0. The van der Waals surface area contributed by atoms with Crippen molar-refractivity contribution in [3.63, 3.8) is 0 Å². The Morgan fingerprint density at radius 1 is 1.09 bits per heavy atom. The standard InChI is InChI=1S/C14H25N3O5/c1-7(2)10(15)13(19)22-14(20)11(16)8(3)21-12(18)9-5-4-6-17-9/h7-11,17H,4-6,15-16H2,1-3H3/t8-,9+,10+,11+/m1/s1. The maximum absolute atomic E-state index is 11.8. The van der Waals surface area contributed by atoms with Crippen LogP contribution in [0.25, 0.3) is 0 Å². The predicted molar refractivity (Wildman–Crippen MR) is 78.5 cm³/mol. The molecule has 1 heterocycles. The van der Waals surface area contributed by atoms with Crippen LogP contribution in [0.3, 0.4) is 0 Å². The smallest absolute Gasteiger partial charge is 0.334 e.